The van der Waals surface area contributed by atoms with Gasteiger partial charge in [-0.25, -0.2) is 14.8 Å². The van der Waals surface area contributed by atoms with Gasteiger partial charge in [0.25, 0.3) is 0 Å². The molecule has 27 heavy (non-hydrogen) atoms. The molecule has 4 rings (SSSR count). The van der Waals surface area contributed by atoms with Crippen LogP contribution < -0.4 is 11.4 Å². The number of fused-ring (bicyclic) bond motifs is 1. The molecule has 8 nitrogen and oxygen atoms in total. The summed E-state index contributed by atoms with van der Waals surface area (Å²) in [7, 11) is 0. The van der Waals surface area contributed by atoms with Gasteiger partial charge in [0.2, 0.25) is 0 Å². The Morgan fingerprint density at radius 3 is 2.70 bits per heavy atom. The number of rotatable bonds is 4. The number of nitrogens with two attached hydrogens (primary N) is 1. The number of imidazole rings is 1. The van der Waals surface area contributed by atoms with Crippen LogP contribution in [-0.2, 0) is 13.1 Å². The van der Waals surface area contributed by atoms with Crippen LogP contribution in [0.15, 0.2) is 23.1 Å². The number of pyridine rings is 1. The van der Waals surface area contributed by atoms with E-state index in [0.717, 1.165) is 36.8 Å². The first-order valence-electron chi connectivity index (χ1n) is 9.38. The molecule has 1 aliphatic heterocycles. The van der Waals surface area contributed by atoms with Crippen LogP contribution in [0.3, 0.4) is 0 Å². The van der Waals surface area contributed by atoms with Crippen molar-refractivity contribution in [2.24, 2.45) is 5.92 Å². The number of nitrogens with one attached hydrogen (secondary N) is 1. The van der Waals surface area contributed by atoms with Crippen molar-refractivity contribution in [3.05, 3.63) is 45.9 Å². The Balaban J connectivity index is 1.51. The van der Waals surface area contributed by atoms with Gasteiger partial charge in [-0.1, -0.05) is 13.0 Å². The van der Waals surface area contributed by atoms with Gasteiger partial charge in [0.15, 0.2) is 11.5 Å². The van der Waals surface area contributed by atoms with Crippen molar-refractivity contribution in [2.45, 2.75) is 39.8 Å². The van der Waals surface area contributed by atoms with Crippen LogP contribution >= 0.6 is 0 Å². The van der Waals surface area contributed by atoms with Crippen LogP contribution in [0.25, 0.3) is 11.2 Å². The number of nitrogens with zero attached hydrogens (tertiary/aromatic N) is 5. The average Bonchev–Trinajstić information content (AvgIpc) is 2.95. The van der Waals surface area contributed by atoms with Crippen LogP contribution in [0.2, 0.25) is 0 Å². The molecule has 0 radical (unpaired) electrons. The van der Waals surface area contributed by atoms with Crippen molar-refractivity contribution in [2.75, 3.05) is 18.8 Å². The molecule has 3 aromatic heterocycles. The van der Waals surface area contributed by atoms with Gasteiger partial charge in [-0.15, -0.1) is 0 Å². The lowest BCUT2D eigenvalue weighted by Gasteiger charge is -2.29. The topological polar surface area (TPSA) is 106 Å². The fraction of sp³-hybridized carbons (Fsp3) is 0.474. The number of hydrogen-bond acceptors (Lipinski definition) is 6. The number of aromatic amines is 1. The van der Waals surface area contributed by atoms with E-state index < -0.39 is 0 Å². The minimum Gasteiger partial charge on any atom is -0.382 e. The second-order valence-electron chi connectivity index (χ2n) is 7.49. The van der Waals surface area contributed by atoms with E-state index in [0.29, 0.717) is 23.5 Å². The third-order valence-electron chi connectivity index (χ3n) is 5.25. The Morgan fingerprint density at radius 2 is 2.00 bits per heavy atom. The summed E-state index contributed by atoms with van der Waals surface area (Å²) in [5.41, 5.74) is 8.66. The molecule has 0 saturated carbocycles. The summed E-state index contributed by atoms with van der Waals surface area (Å²) in [6, 6.07) is 4.07. The van der Waals surface area contributed by atoms with E-state index in [1.807, 2.05) is 18.3 Å². The van der Waals surface area contributed by atoms with Crippen LogP contribution in [0.4, 0.5) is 5.82 Å². The number of nitrogen functional groups attached to an aromatic ring is 1. The zero-order chi connectivity index (χ0) is 19.0. The van der Waals surface area contributed by atoms with E-state index in [2.05, 4.69) is 31.8 Å². The Hall–Kier alpha value is -2.74. The van der Waals surface area contributed by atoms with Crippen LogP contribution in [-0.4, -0.2) is 42.5 Å². The molecule has 0 amide bonds. The lowest BCUT2D eigenvalue weighted by molar-refractivity contribution is 0.183. The van der Waals surface area contributed by atoms with E-state index in [1.165, 1.54) is 12.8 Å². The summed E-state index contributed by atoms with van der Waals surface area (Å²) >= 11 is 0. The van der Waals surface area contributed by atoms with Gasteiger partial charge in [0.05, 0.1) is 12.2 Å². The molecule has 8 heteroatoms. The van der Waals surface area contributed by atoms with Crippen molar-refractivity contribution in [3.63, 3.8) is 0 Å². The number of anilines is 1. The minimum absolute atomic E-state index is 0.247. The van der Waals surface area contributed by atoms with Crippen molar-refractivity contribution in [3.8, 4) is 0 Å². The van der Waals surface area contributed by atoms with Gasteiger partial charge in [-0.05, 0) is 50.4 Å². The summed E-state index contributed by atoms with van der Waals surface area (Å²) < 4.78 is 1.57. The van der Waals surface area contributed by atoms with E-state index in [9.17, 15) is 4.79 Å². The largest absolute Gasteiger partial charge is 0.382 e. The summed E-state index contributed by atoms with van der Waals surface area (Å²) in [5, 5.41) is 0. The fourth-order valence-corrected chi connectivity index (χ4v) is 3.59. The quantitative estimate of drug-likeness (QED) is 0.727. The van der Waals surface area contributed by atoms with Gasteiger partial charge in [0, 0.05) is 12.7 Å². The summed E-state index contributed by atoms with van der Waals surface area (Å²) in [5.74, 6) is 1.65. The molecular weight excluding hydrogens is 342 g/mol. The van der Waals surface area contributed by atoms with E-state index in [1.54, 1.807) is 11.5 Å². The molecule has 142 valence electrons. The highest BCUT2D eigenvalue weighted by atomic mass is 16.1. The van der Waals surface area contributed by atoms with Crippen LogP contribution in [0.1, 0.15) is 36.8 Å². The normalized spacial score (nSPS) is 16.2. The first-order valence-corrected chi connectivity index (χ1v) is 9.38. The highest BCUT2D eigenvalue weighted by molar-refractivity contribution is 5.81. The molecule has 3 aromatic rings. The van der Waals surface area contributed by atoms with Crippen molar-refractivity contribution in [1.29, 1.82) is 0 Å². The monoisotopic (exact) mass is 367 g/mol. The molecule has 0 aliphatic carbocycles. The van der Waals surface area contributed by atoms with E-state index >= 15 is 0 Å². The summed E-state index contributed by atoms with van der Waals surface area (Å²) in [6.45, 7) is 7.62. The predicted octanol–water partition coefficient (Wildman–Crippen LogP) is 1.69. The molecule has 3 N–H and O–H groups in total. The first-order chi connectivity index (χ1) is 13.0. The highest BCUT2D eigenvalue weighted by Gasteiger charge is 2.16. The summed E-state index contributed by atoms with van der Waals surface area (Å²) in [6.07, 6.45) is 4.35. The number of aromatic nitrogens is 5. The molecule has 0 unspecified atom stereocenters. The average molecular weight is 367 g/mol. The van der Waals surface area contributed by atoms with Gasteiger partial charge < -0.3 is 10.7 Å². The zero-order valence-corrected chi connectivity index (χ0v) is 15.8. The Morgan fingerprint density at radius 1 is 1.22 bits per heavy atom. The molecule has 4 heterocycles. The van der Waals surface area contributed by atoms with Crippen LogP contribution in [0.5, 0.6) is 0 Å². The number of aryl methyl sites for hydroxylation is 1. The van der Waals surface area contributed by atoms with Gasteiger partial charge in [0.1, 0.15) is 11.3 Å². The lowest BCUT2D eigenvalue weighted by Crippen LogP contribution is -2.32. The van der Waals surface area contributed by atoms with Gasteiger partial charge in [-0.3, -0.25) is 14.5 Å². The SMILES string of the molecule is Cc1nc(N)c2[nH]c(=O)n(Cc3ccc(CN4CCC(C)CC4)nc3)c2n1. The second-order valence-corrected chi connectivity index (χ2v) is 7.49. The smallest absolute Gasteiger partial charge is 0.328 e. The van der Waals surface area contributed by atoms with Crippen molar-refractivity contribution >= 4 is 17.0 Å². The lowest BCUT2D eigenvalue weighted by atomic mass is 9.99. The fourth-order valence-electron chi connectivity index (χ4n) is 3.59. The molecule has 1 saturated heterocycles. The second kappa shape index (κ2) is 7.11. The van der Waals surface area contributed by atoms with Crippen LogP contribution in [0, 0.1) is 12.8 Å². The standard InChI is InChI=1S/C19H25N7O/c1-12-5-7-25(8-6-12)11-15-4-3-14(9-21-15)10-26-18-16(24-19(26)27)17(20)22-13(2)23-18/h3-4,9,12H,5-8,10-11H2,1-2H3,(H,24,27)(H2,20,22,23). The maximum atomic E-state index is 12.3. The highest BCUT2D eigenvalue weighted by Crippen LogP contribution is 2.18. The molecule has 0 aromatic carbocycles. The molecule has 0 spiro atoms. The van der Waals surface area contributed by atoms with E-state index in [4.69, 9.17) is 5.73 Å². The third-order valence-corrected chi connectivity index (χ3v) is 5.25. The zero-order valence-electron chi connectivity index (χ0n) is 15.8. The summed E-state index contributed by atoms with van der Waals surface area (Å²) in [4.78, 5) is 30.6. The first kappa shape index (κ1) is 17.7. The third kappa shape index (κ3) is 3.71. The van der Waals surface area contributed by atoms with Gasteiger partial charge in [-0.2, -0.15) is 0 Å². The Labute approximate surface area is 157 Å². The molecule has 1 fully saturated rings. The number of hydrogen-bond donors (Lipinski definition) is 2. The predicted molar refractivity (Wildman–Crippen MR) is 104 cm³/mol. The Bertz CT molecular complexity index is 997. The number of H-pyrrole nitrogens is 1. The minimum atomic E-state index is -0.247. The molecule has 1 aliphatic rings. The van der Waals surface area contributed by atoms with Crippen molar-refractivity contribution < 1.29 is 0 Å². The molecule has 0 atom stereocenters. The van der Waals surface area contributed by atoms with E-state index in [-0.39, 0.29) is 11.5 Å². The number of likely N-dealkylation sites (tertiary alicyclic amines) is 1. The number of piperidine rings is 1. The van der Waals surface area contributed by atoms with Gasteiger partial charge >= 0.3 is 5.69 Å². The maximum Gasteiger partial charge on any atom is 0.328 e. The Kier molecular flexibility index (Phi) is 4.65. The van der Waals surface area contributed by atoms with Crippen molar-refractivity contribution in [1.82, 2.24) is 29.4 Å². The molecule has 0 bridgehead atoms. The molecular formula is C19H25N7O. The maximum absolute atomic E-state index is 12.3.